The lowest BCUT2D eigenvalue weighted by molar-refractivity contribution is 0.120. The molecular weight excluding hydrogens is 270 g/mol. The Morgan fingerprint density at radius 3 is 2.76 bits per heavy atom. The van der Waals surface area contributed by atoms with Crippen LogP contribution < -0.4 is 9.64 Å². The van der Waals surface area contributed by atoms with Crippen molar-refractivity contribution in [3.05, 3.63) is 23.8 Å². The monoisotopic (exact) mass is 289 g/mol. The summed E-state index contributed by atoms with van der Waals surface area (Å²) in [6.45, 7) is 5.04. The summed E-state index contributed by atoms with van der Waals surface area (Å²) in [6.07, 6.45) is 0.923. The Labute approximate surface area is 123 Å². The molecule has 6 nitrogen and oxygen atoms in total. The summed E-state index contributed by atoms with van der Waals surface area (Å²) in [6, 6.07) is 6.51. The van der Waals surface area contributed by atoms with Gasteiger partial charge in [-0.15, -0.1) is 5.10 Å². The lowest BCUT2D eigenvalue weighted by Gasteiger charge is -2.24. The third-order valence-electron chi connectivity index (χ3n) is 3.61. The number of benzene rings is 1. The Bertz CT molecular complexity index is 606. The van der Waals surface area contributed by atoms with Crippen LogP contribution in [0.4, 0.5) is 6.01 Å². The van der Waals surface area contributed by atoms with Crippen molar-refractivity contribution in [1.82, 2.24) is 10.2 Å². The van der Waals surface area contributed by atoms with Gasteiger partial charge in [0, 0.05) is 18.7 Å². The molecule has 3 rings (SSSR count). The topological polar surface area (TPSA) is 60.6 Å². The van der Waals surface area contributed by atoms with Gasteiger partial charge in [0.2, 0.25) is 5.89 Å². The van der Waals surface area contributed by atoms with Gasteiger partial charge in [-0.25, -0.2) is 0 Å². The molecule has 2 heterocycles. The average molecular weight is 289 g/mol. The minimum absolute atomic E-state index is 0.512. The predicted molar refractivity (Wildman–Crippen MR) is 78.7 cm³/mol. The summed E-state index contributed by atoms with van der Waals surface area (Å²) in [5.41, 5.74) is 2.03. The number of hydrogen-bond donors (Lipinski definition) is 0. The van der Waals surface area contributed by atoms with Crippen molar-refractivity contribution in [2.75, 3.05) is 38.3 Å². The van der Waals surface area contributed by atoms with Crippen LogP contribution in [0.3, 0.4) is 0 Å². The van der Waals surface area contributed by atoms with Crippen molar-refractivity contribution in [1.29, 1.82) is 0 Å². The van der Waals surface area contributed by atoms with Crippen molar-refractivity contribution < 1.29 is 13.9 Å². The molecule has 0 spiro atoms. The molecule has 2 aromatic rings. The van der Waals surface area contributed by atoms with Crippen molar-refractivity contribution in [2.24, 2.45) is 0 Å². The van der Waals surface area contributed by atoms with Crippen molar-refractivity contribution in [2.45, 2.75) is 13.3 Å². The Balaban J connectivity index is 1.85. The van der Waals surface area contributed by atoms with Crippen LogP contribution in [-0.4, -0.2) is 43.6 Å². The van der Waals surface area contributed by atoms with Crippen LogP contribution in [-0.2, 0) is 11.2 Å². The van der Waals surface area contributed by atoms with Crippen LogP contribution in [0.15, 0.2) is 22.6 Å². The molecule has 0 atom stereocenters. The molecule has 0 bridgehead atoms. The van der Waals surface area contributed by atoms with Crippen molar-refractivity contribution in [3.8, 4) is 17.2 Å². The Morgan fingerprint density at radius 1 is 1.24 bits per heavy atom. The first-order valence-electron chi connectivity index (χ1n) is 7.15. The second-order valence-corrected chi connectivity index (χ2v) is 4.87. The lowest BCUT2D eigenvalue weighted by atomic mass is 10.1. The fraction of sp³-hybridized carbons (Fsp3) is 0.467. The second kappa shape index (κ2) is 6.13. The molecular formula is C15H19N3O3. The van der Waals surface area contributed by atoms with Crippen LogP contribution >= 0.6 is 0 Å². The molecule has 0 unspecified atom stereocenters. The van der Waals surface area contributed by atoms with E-state index in [2.05, 4.69) is 17.1 Å². The lowest BCUT2D eigenvalue weighted by Crippen LogP contribution is -2.36. The van der Waals surface area contributed by atoms with E-state index in [9.17, 15) is 0 Å². The van der Waals surface area contributed by atoms with Crippen LogP contribution in [0, 0.1) is 0 Å². The number of nitrogens with zero attached hydrogens (tertiary/aromatic N) is 3. The molecule has 0 saturated carbocycles. The zero-order valence-corrected chi connectivity index (χ0v) is 12.3. The number of rotatable bonds is 4. The smallest absolute Gasteiger partial charge is 0.318 e. The second-order valence-electron chi connectivity index (χ2n) is 4.87. The van der Waals surface area contributed by atoms with Gasteiger partial charge in [0.15, 0.2) is 0 Å². The summed E-state index contributed by atoms with van der Waals surface area (Å²) >= 11 is 0. The van der Waals surface area contributed by atoms with E-state index in [1.807, 2.05) is 23.1 Å². The summed E-state index contributed by atoms with van der Waals surface area (Å²) in [4.78, 5) is 2.04. The largest absolute Gasteiger partial charge is 0.496 e. The van der Waals surface area contributed by atoms with Gasteiger partial charge >= 0.3 is 6.01 Å². The van der Waals surface area contributed by atoms with E-state index in [-0.39, 0.29) is 0 Å². The molecule has 6 heteroatoms. The Morgan fingerprint density at radius 2 is 2.05 bits per heavy atom. The van der Waals surface area contributed by atoms with Gasteiger partial charge in [0.25, 0.3) is 0 Å². The molecule has 1 aliphatic heterocycles. The zero-order chi connectivity index (χ0) is 14.7. The van der Waals surface area contributed by atoms with Gasteiger partial charge in [0.05, 0.1) is 20.3 Å². The fourth-order valence-electron chi connectivity index (χ4n) is 2.38. The van der Waals surface area contributed by atoms with Crippen LogP contribution in [0.25, 0.3) is 11.5 Å². The van der Waals surface area contributed by atoms with E-state index in [1.54, 1.807) is 7.11 Å². The first-order chi connectivity index (χ1) is 10.3. The number of anilines is 1. The van der Waals surface area contributed by atoms with Gasteiger partial charge in [0.1, 0.15) is 5.75 Å². The highest BCUT2D eigenvalue weighted by atomic mass is 16.5. The summed E-state index contributed by atoms with van der Waals surface area (Å²) in [5.74, 6) is 1.36. The minimum Gasteiger partial charge on any atom is -0.496 e. The minimum atomic E-state index is 0.512. The molecule has 1 fully saturated rings. The van der Waals surface area contributed by atoms with E-state index in [1.165, 1.54) is 0 Å². The number of morpholine rings is 1. The Kier molecular flexibility index (Phi) is 4.06. The molecule has 0 N–H and O–H groups in total. The van der Waals surface area contributed by atoms with Crippen LogP contribution in [0.5, 0.6) is 5.75 Å². The highest BCUT2D eigenvalue weighted by Crippen LogP contribution is 2.28. The Hall–Kier alpha value is -2.08. The number of methoxy groups -OCH3 is 1. The maximum Gasteiger partial charge on any atom is 0.318 e. The molecule has 21 heavy (non-hydrogen) atoms. The normalized spacial score (nSPS) is 15.2. The summed E-state index contributed by atoms with van der Waals surface area (Å²) in [7, 11) is 1.67. The maximum atomic E-state index is 5.77. The first kappa shape index (κ1) is 13.9. The van der Waals surface area contributed by atoms with Gasteiger partial charge in [-0.2, -0.15) is 0 Å². The van der Waals surface area contributed by atoms with Gasteiger partial charge in [-0.3, -0.25) is 0 Å². The molecule has 1 saturated heterocycles. The van der Waals surface area contributed by atoms with Crippen molar-refractivity contribution in [3.63, 3.8) is 0 Å². The fourth-order valence-corrected chi connectivity index (χ4v) is 2.38. The van der Waals surface area contributed by atoms with E-state index >= 15 is 0 Å². The third-order valence-corrected chi connectivity index (χ3v) is 3.61. The SMILES string of the molecule is CCc1ccc(-c2nnc(N3CCOCC3)o2)cc1OC. The quantitative estimate of drug-likeness (QED) is 0.859. The van der Waals surface area contributed by atoms with Gasteiger partial charge in [-0.05, 0) is 24.1 Å². The standard InChI is InChI=1S/C15H19N3O3/c1-3-11-4-5-12(10-13(11)19-2)14-16-17-15(21-14)18-6-8-20-9-7-18/h4-5,10H,3,6-9H2,1-2H3. The number of aromatic nitrogens is 2. The summed E-state index contributed by atoms with van der Waals surface area (Å²) in [5, 5.41) is 8.27. The van der Waals surface area contributed by atoms with Crippen LogP contribution in [0.1, 0.15) is 12.5 Å². The molecule has 112 valence electrons. The van der Waals surface area contributed by atoms with E-state index in [0.29, 0.717) is 25.1 Å². The number of aryl methyl sites for hydroxylation is 1. The van der Waals surface area contributed by atoms with E-state index in [4.69, 9.17) is 13.9 Å². The average Bonchev–Trinajstić information content (AvgIpc) is 3.05. The number of ether oxygens (including phenoxy) is 2. The van der Waals surface area contributed by atoms with E-state index < -0.39 is 0 Å². The highest BCUT2D eigenvalue weighted by molar-refractivity contribution is 5.58. The van der Waals surface area contributed by atoms with E-state index in [0.717, 1.165) is 36.4 Å². The molecule has 0 amide bonds. The third kappa shape index (κ3) is 2.85. The summed E-state index contributed by atoms with van der Waals surface area (Å²) < 4.78 is 16.5. The predicted octanol–water partition coefficient (Wildman–Crippen LogP) is 2.14. The maximum absolute atomic E-state index is 5.77. The highest BCUT2D eigenvalue weighted by Gasteiger charge is 2.18. The molecule has 0 aliphatic carbocycles. The molecule has 1 aromatic heterocycles. The zero-order valence-electron chi connectivity index (χ0n) is 12.3. The molecule has 1 aromatic carbocycles. The number of hydrogen-bond acceptors (Lipinski definition) is 6. The van der Waals surface area contributed by atoms with Crippen molar-refractivity contribution >= 4 is 6.01 Å². The molecule has 0 radical (unpaired) electrons. The first-order valence-corrected chi connectivity index (χ1v) is 7.15. The van der Waals surface area contributed by atoms with Gasteiger partial charge < -0.3 is 18.8 Å². The molecule has 1 aliphatic rings. The van der Waals surface area contributed by atoms with Crippen LogP contribution in [0.2, 0.25) is 0 Å². The van der Waals surface area contributed by atoms with Gasteiger partial charge in [-0.1, -0.05) is 18.1 Å².